The lowest BCUT2D eigenvalue weighted by molar-refractivity contribution is -0.141. The van der Waals surface area contributed by atoms with Crippen LogP contribution >= 0.6 is 0 Å². The molecule has 1 saturated carbocycles. The number of hydrogen-bond donors (Lipinski definition) is 3. The zero-order valence-corrected chi connectivity index (χ0v) is 19.2. The monoisotopic (exact) mass is 462 g/mol. The molecular formula is C23H31FN4O5. The number of ketones is 1. The van der Waals surface area contributed by atoms with Crippen molar-refractivity contribution in [1.29, 1.82) is 0 Å². The molecule has 3 rings (SSSR count). The molecule has 1 unspecified atom stereocenters. The summed E-state index contributed by atoms with van der Waals surface area (Å²) in [5.74, 6) is -2.68. The SMILES string of the molecule is CC(C)n1c(=O)n(CC(=O)C(C)(N)CC(=O)O)c(=O)c2cc(F)c(NC3CCCCC3)cc21. The van der Waals surface area contributed by atoms with Crippen molar-refractivity contribution in [2.75, 3.05) is 5.32 Å². The van der Waals surface area contributed by atoms with Crippen LogP contribution in [0.15, 0.2) is 21.7 Å². The Balaban J connectivity index is 2.11. The van der Waals surface area contributed by atoms with E-state index in [9.17, 15) is 23.6 Å². The summed E-state index contributed by atoms with van der Waals surface area (Å²) in [5.41, 5.74) is 2.99. The summed E-state index contributed by atoms with van der Waals surface area (Å²) in [7, 11) is 0. The summed E-state index contributed by atoms with van der Waals surface area (Å²) in [6.07, 6.45) is 4.46. The summed E-state index contributed by atoms with van der Waals surface area (Å²) in [6, 6.07) is 2.30. The molecule has 0 amide bonds. The van der Waals surface area contributed by atoms with E-state index in [0.717, 1.165) is 38.2 Å². The van der Waals surface area contributed by atoms with Gasteiger partial charge in [0.25, 0.3) is 5.56 Å². The van der Waals surface area contributed by atoms with Gasteiger partial charge in [-0.3, -0.25) is 23.5 Å². The Morgan fingerprint density at radius 3 is 2.45 bits per heavy atom. The second-order valence-corrected chi connectivity index (χ2v) is 9.38. The summed E-state index contributed by atoms with van der Waals surface area (Å²) in [5, 5.41) is 12.2. The standard InChI is InChI=1S/C23H31FN4O5/c1-13(2)28-18-10-17(26-14-7-5-4-6-8-14)16(24)9-15(18)21(32)27(22(28)33)12-19(29)23(3,25)11-20(30)31/h9-10,13-14,26H,4-8,11-12,25H2,1-3H3,(H,30,31). The van der Waals surface area contributed by atoms with Crippen LogP contribution in [0.25, 0.3) is 10.9 Å². The highest BCUT2D eigenvalue weighted by Crippen LogP contribution is 2.26. The van der Waals surface area contributed by atoms with E-state index < -0.39 is 53.4 Å². The molecule has 1 aromatic heterocycles. The average molecular weight is 463 g/mol. The van der Waals surface area contributed by atoms with E-state index in [-0.39, 0.29) is 22.6 Å². The smallest absolute Gasteiger partial charge is 0.332 e. The van der Waals surface area contributed by atoms with Gasteiger partial charge in [-0.2, -0.15) is 0 Å². The minimum absolute atomic E-state index is 0.0419. The molecule has 1 aliphatic rings. The number of fused-ring (bicyclic) bond motifs is 1. The first-order valence-electron chi connectivity index (χ1n) is 11.2. The number of nitrogens with zero attached hydrogens (tertiary/aromatic N) is 2. The fourth-order valence-electron chi connectivity index (χ4n) is 4.35. The molecule has 0 radical (unpaired) electrons. The summed E-state index contributed by atoms with van der Waals surface area (Å²) < 4.78 is 17.0. The number of Topliss-reactive ketones (excluding diaryl/α,β-unsaturated/α-hetero) is 1. The van der Waals surface area contributed by atoms with E-state index in [2.05, 4.69) is 5.32 Å². The van der Waals surface area contributed by atoms with Gasteiger partial charge in [-0.25, -0.2) is 9.18 Å². The highest BCUT2D eigenvalue weighted by molar-refractivity contribution is 5.91. The third-order valence-electron chi connectivity index (χ3n) is 6.20. The second kappa shape index (κ2) is 9.46. The third kappa shape index (κ3) is 5.16. The van der Waals surface area contributed by atoms with Crippen LogP contribution in [0.4, 0.5) is 10.1 Å². The van der Waals surface area contributed by atoms with Crippen LogP contribution < -0.4 is 22.3 Å². The number of anilines is 1. The molecule has 1 fully saturated rings. The number of carboxylic acids is 1. The van der Waals surface area contributed by atoms with Gasteiger partial charge in [-0.05, 0) is 45.7 Å². The van der Waals surface area contributed by atoms with Crippen molar-refractivity contribution in [3.05, 3.63) is 38.8 Å². The number of aliphatic carboxylic acids is 1. The maximum absolute atomic E-state index is 15.0. The van der Waals surface area contributed by atoms with Crippen LogP contribution in [0.2, 0.25) is 0 Å². The number of carbonyl (C=O) groups is 2. The van der Waals surface area contributed by atoms with Gasteiger partial charge in [0.1, 0.15) is 5.82 Å². The van der Waals surface area contributed by atoms with Gasteiger partial charge in [0.05, 0.1) is 35.1 Å². The fourth-order valence-corrected chi connectivity index (χ4v) is 4.35. The Labute approximate surface area is 190 Å². The van der Waals surface area contributed by atoms with Crippen molar-refractivity contribution in [2.45, 2.75) is 83.5 Å². The Kier molecular flexibility index (Phi) is 7.06. The van der Waals surface area contributed by atoms with E-state index in [1.54, 1.807) is 13.8 Å². The Morgan fingerprint density at radius 1 is 1.24 bits per heavy atom. The van der Waals surface area contributed by atoms with Crippen LogP contribution in [-0.4, -0.2) is 37.6 Å². The molecule has 33 heavy (non-hydrogen) atoms. The summed E-state index contributed by atoms with van der Waals surface area (Å²) in [4.78, 5) is 50.0. The molecule has 1 heterocycles. The van der Waals surface area contributed by atoms with E-state index in [1.807, 2.05) is 0 Å². The van der Waals surface area contributed by atoms with Crippen molar-refractivity contribution in [1.82, 2.24) is 9.13 Å². The zero-order valence-electron chi connectivity index (χ0n) is 19.2. The predicted molar refractivity (Wildman–Crippen MR) is 123 cm³/mol. The number of nitrogens with one attached hydrogen (secondary N) is 1. The molecule has 0 bridgehead atoms. The molecule has 1 aliphatic carbocycles. The number of aromatic nitrogens is 2. The first-order valence-corrected chi connectivity index (χ1v) is 11.2. The van der Waals surface area contributed by atoms with Crippen molar-refractivity contribution in [3.63, 3.8) is 0 Å². The van der Waals surface area contributed by atoms with Gasteiger partial charge in [-0.1, -0.05) is 19.3 Å². The second-order valence-electron chi connectivity index (χ2n) is 9.38. The number of benzene rings is 1. The Morgan fingerprint density at radius 2 is 1.88 bits per heavy atom. The molecule has 0 aliphatic heterocycles. The highest BCUT2D eigenvalue weighted by Gasteiger charge is 2.32. The first kappa shape index (κ1) is 24.6. The van der Waals surface area contributed by atoms with E-state index in [1.165, 1.54) is 17.6 Å². The largest absolute Gasteiger partial charge is 0.481 e. The van der Waals surface area contributed by atoms with Crippen LogP contribution in [0.5, 0.6) is 0 Å². The lowest BCUT2D eigenvalue weighted by Crippen LogP contribution is -2.51. The van der Waals surface area contributed by atoms with Gasteiger partial charge in [0.15, 0.2) is 5.78 Å². The lowest BCUT2D eigenvalue weighted by atomic mass is 9.93. The summed E-state index contributed by atoms with van der Waals surface area (Å²) >= 11 is 0. The molecule has 10 heteroatoms. The molecule has 9 nitrogen and oxygen atoms in total. The van der Waals surface area contributed by atoms with Crippen molar-refractivity contribution >= 4 is 28.3 Å². The van der Waals surface area contributed by atoms with Crippen molar-refractivity contribution < 1.29 is 19.1 Å². The number of carbonyl (C=O) groups excluding carboxylic acids is 1. The number of carboxylic acid groups (broad SMARTS) is 1. The van der Waals surface area contributed by atoms with Gasteiger partial charge in [-0.15, -0.1) is 0 Å². The van der Waals surface area contributed by atoms with Gasteiger partial charge in [0, 0.05) is 12.1 Å². The van der Waals surface area contributed by atoms with Crippen LogP contribution in [0.1, 0.15) is 65.3 Å². The number of halogens is 1. The minimum Gasteiger partial charge on any atom is -0.481 e. The molecule has 0 saturated heterocycles. The number of hydrogen-bond acceptors (Lipinski definition) is 6. The predicted octanol–water partition coefficient (Wildman–Crippen LogP) is 2.39. The third-order valence-corrected chi connectivity index (χ3v) is 6.20. The van der Waals surface area contributed by atoms with E-state index in [4.69, 9.17) is 10.8 Å². The lowest BCUT2D eigenvalue weighted by Gasteiger charge is -2.25. The average Bonchev–Trinajstić information content (AvgIpc) is 2.72. The molecule has 4 N–H and O–H groups in total. The molecule has 1 atom stereocenters. The number of nitrogens with two attached hydrogens (primary N) is 1. The van der Waals surface area contributed by atoms with Gasteiger partial charge in [0.2, 0.25) is 0 Å². The summed E-state index contributed by atoms with van der Waals surface area (Å²) in [6.45, 7) is 4.02. The van der Waals surface area contributed by atoms with Crippen molar-refractivity contribution in [2.24, 2.45) is 5.73 Å². The van der Waals surface area contributed by atoms with Crippen LogP contribution in [-0.2, 0) is 16.1 Å². The molecule has 180 valence electrons. The van der Waals surface area contributed by atoms with Gasteiger partial charge < -0.3 is 16.2 Å². The zero-order chi connectivity index (χ0) is 24.5. The molecule has 0 spiro atoms. The van der Waals surface area contributed by atoms with Crippen molar-refractivity contribution in [3.8, 4) is 0 Å². The fraction of sp³-hybridized carbons (Fsp3) is 0.565. The Hall–Kier alpha value is -3.01. The first-order chi connectivity index (χ1) is 15.4. The quantitative estimate of drug-likeness (QED) is 0.548. The number of rotatable bonds is 8. The molecular weight excluding hydrogens is 431 g/mol. The van der Waals surface area contributed by atoms with Crippen LogP contribution in [0, 0.1) is 5.82 Å². The topological polar surface area (TPSA) is 136 Å². The van der Waals surface area contributed by atoms with E-state index >= 15 is 0 Å². The highest BCUT2D eigenvalue weighted by atomic mass is 19.1. The molecule has 1 aromatic carbocycles. The molecule has 2 aromatic rings. The maximum atomic E-state index is 15.0. The van der Waals surface area contributed by atoms with Crippen LogP contribution in [0.3, 0.4) is 0 Å². The maximum Gasteiger partial charge on any atom is 0.332 e. The normalized spacial score (nSPS) is 16.7. The minimum atomic E-state index is -1.77. The van der Waals surface area contributed by atoms with Gasteiger partial charge >= 0.3 is 11.7 Å². The van der Waals surface area contributed by atoms with E-state index in [0.29, 0.717) is 4.57 Å². The Bertz CT molecular complexity index is 1190.